The van der Waals surface area contributed by atoms with E-state index in [0.29, 0.717) is 17.9 Å². The number of sulfonamides is 1. The van der Waals surface area contributed by atoms with Gasteiger partial charge in [0.25, 0.3) is 0 Å². The number of aryl methyl sites for hydroxylation is 1. The molecule has 0 saturated heterocycles. The largest absolute Gasteiger partial charge is 0.489 e. The molecule has 3 N–H and O–H groups in total. The number of halogens is 2. The van der Waals surface area contributed by atoms with E-state index in [4.69, 9.17) is 9.88 Å². The Morgan fingerprint density at radius 1 is 0.895 bits per heavy atom. The van der Waals surface area contributed by atoms with Gasteiger partial charge in [-0.3, -0.25) is 4.79 Å². The molecular weight excluding hydrogens is 510 g/mol. The van der Waals surface area contributed by atoms with Crippen molar-refractivity contribution in [1.82, 2.24) is 5.32 Å². The third-order valence-electron chi connectivity index (χ3n) is 5.89. The van der Waals surface area contributed by atoms with E-state index in [1.54, 1.807) is 36.4 Å². The average molecular weight is 537 g/mol. The number of primary sulfonamides is 1. The van der Waals surface area contributed by atoms with Crippen LogP contribution in [0.3, 0.4) is 0 Å². The summed E-state index contributed by atoms with van der Waals surface area (Å²) in [7, 11) is -3.86. The smallest absolute Gasteiger partial charge is 0.238 e. The molecule has 4 aromatic rings. The first-order valence-electron chi connectivity index (χ1n) is 11.7. The molecule has 0 spiro atoms. The lowest BCUT2D eigenvalue weighted by atomic mass is 10.0. The second kappa shape index (κ2) is 11.5. The first-order valence-corrected chi connectivity index (χ1v) is 13.3. The molecule has 0 saturated carbocycles. The zero-order valence-corrected chi connectivity index (χ0v) is 21.4. The van der Waals surface area contributed by atoms with Gasteiger partial charge in [-0.15, -0.1) is 0 Å². The minimum Gasteiger partial charge on any atom is -0.489 e. The van der Waals surface area contributed by atoms with Gasteiger partial charge in [0.05, 0.1) is 11.3 Å². The molecule has 196 valence electrons. The van der Waals surface area contributed by atoms with Gasteiger partial charge in [0.15, 0.2) is 0 Å². The number of benzene rings is 4. The van der Waals surface area contributed by atoms with E-state index in [9.17, 15) is 22.0 Å². The zero-order chi connectivity index (χ0) is 27.3. The van der Waals surface area contributed by atoms with Crippen molar-refractivity contribution in [2.45, 2.75) is 31.4 Å². The van der Waals surface area contributed by atoms with E-state index >= 15 is 0 Å². The molecule has 0 aromatic heterocycles. The van der Waals surface area contributed by atoms with Crippen molar-refractivity contribution >= 4 is 15.9 Å². The number of nitrogens with two attached hydrogens (primary N) is 1. The van der Waals surface area contributed by atoms with Crippen molar-refractivity contribution in [2.75, 3.05) is 0 Å². The van der Waals surface area contributed by atoms with Gasteiger partial charge in [0, 0.05) is 23.7 Å². The second-order valence-corrected chi connectivity index (χ2v) is 10.4. The minimum atomic E-state index is -3.86. The molecule has 6 nitrogen and oxygen atoms in total. The van der Waals surface area contributed by atoms with Gasteiger partial charge in [0.1, 0.15) is 24.0 Å². The lowest BCUT2D eigenvalue weighted by Gasteiger charge is -2.11. The molecule has 0 bridgehead atoms. The Morgan fingerprint density at radius 3 is 2.24 bits per heavy atom. The van der Waals surface area contributed by atoms with E-state index in [-0.39, 0.29) is 29.3 Å². The predicted octanol–water partition coefficient (Wildman–Crippen LogP) is 5.03. The summed E-state index contributed by atoms with van der Waals surface area (Å²) in [6, 6.07) is 22.6. The highest BCUT2D eigenvalue weighted by Gasteiger charge is 2.15. The zero-order valence-electron chi connectivity index (χ0n) is 20.6. The normalized spacial score (nSPS) is 11.3. The number of rotatable bonds is 9. The molecule has 4 aromatic carbocycles. The SMILES string of the molecule is Cc1ccc(S(N)(=O)=O)c(-c2ccc(COc3ccc(CC(=O)NCc4ccc(F)cc4F)cc3)cc2)c1. The Hall–Kier alpha value is -4.08. The fraction of sp³-hybridized carbons (Fsp3) is 0.138. The molecule has 9 heteroatoms. The number of amides is 1. The van der Waals surface area contributed by atoms with Crippen LogP contribution in [-0.2, 0) is 34.4 Å². The molecule has 0 heterocycles. The molecule has 0 aliphatic carbocycles. The van der Waals surface area contributed by atoms with Gasteiger partial charge in [-0.25, -0.2) is 22.3 Å². The predicted molar refractivity (Wildman–Crippen MR) is 141 cm³/mol. The highest BCUT2D eigenvalue weighted by atomic mass is 32.2. The molecule has 4 rings (SSSR count). The fourth-order valence-corrected chi connectivity index (χ4v) is 4.62. The van der Waals surface area contributed by atoms with Crippen LogP contribution in [0.2, 0.25) is 0 Å². The molecule has 0 fully saturated rings. The summed E-state index contributed by atoms with van der Waals surface area (Å²) >= 11 is 0. The van der Waals surface area contributed by atoms with Crippen LogP contribution in [0.25, 0.3) is 11.1 Å². The van der Waals surface area contributed by atoms with Gasteiger partial charge in [0.2, 0.25) is 15.9 Å². The molecule has 0 aliphatic heterocycles. The number of hydrogen-bond acceptors (Lipinski definition) is 4. The maximum Gasteiger partial charge on any atom is 0.238 e. The van der Waals surface area contributed by atoms with Crippen LogP contribution < -0.4 is 15.2 Å². The second-order valence-electron chi connectivity index (χ2n) is 8.86. The van der Waals surface area contributed by atoms with Crippen LogP contribution in [0, 0.1) is 18.6 Å². The van der Waals surface area contributed by atoms with Crippen LogP contribution in [0.15, 0.2) is 89.8 Å². The van der Waals surface area contributed by atoms with Gasteiger partial charge in [-0.2, -0.15) is 0 Å². The molecule has 0 unspecified atom stereocenters. The maximum absolute atomic E-state index is 13.7. The van der Waals surface area contributed by atoms with Crippen LogP contribution in [-0.4, -0.2) is 14.3 Å². The molecule has 0 aliphatic rings. The Kier molecular flexibility index (Phi) is 8.19. The van der Waals surface area contributed by atoms with E-state index in [2.05, 4.69) is 5.32 Å². The lowest BCUT2D eigenvalue weighted by molar-refractivity contribution is -0.120. The quantitative estimate of drug-likeness (QED) is 0.314. The Balaban J connectivity index is 1.31. The molecule has 0 radical (unpaired) electrons. The summed E-state index contributed by atoms with van der Waals surface area (Å²) in [6.45, 7) is 2.14. The monoisotopic (exact) mass is 536 g/mol. The summed E-state index contributed by atoms with van der Waals surface area (Å²) in [5, 5.41) is 8.01. The number of hydrogen-bond donors (Lipinski definition) is 2. The van der Waals surface area contributed by atoms with Crippen LogP contribution >= 0.6 is 0 Å². The number of carbonyl (C=O) groups is 1. The molecule has 1 amide bonds. The minimum absolute atomic E-state index is 0.0296. The highest BCUT2D eigenvalue weighted by molar-refractivity contribution is 7.89. The Labute approximate surface area is 220 Å². The summed E-state index contributed by atoms with van der Waals surface area (Å²) in [4.78, 5) is 12.3. The van der Waals surface area contributed by atoms with E-state index in [1.807, 2.05) is 31.2 Å². The first-order chi connectivity index (χ1) is 18.1. The first kappa shape index (κ1) is 27.0. The Morgan fingerprint density at radius 2 is 1.58 bits per heavy atom. The summed E-state index contributed by atoms with van der Waals surface area (Å²) in [6.07, 6.45) is 0.101. The van der Waals surface area contributed by atoms with Gasteiger partial charge >= 0.3 is 0 Å². The Bertz CT molecular complexity index is 1560. The van der Waals surface area contributed by atoms with Crippen molar-refractivity contribution in [2.24, 2.45) is 5.14 Å². The van der Waals surface area contributed by atoms with Gasteiger partial charge < -0.3 is 10.1 Å². The third-order valence-corrected chi connectivity index (χ3v) is 6.86. The summed E-state index contributed by atoms with van der Waals surface area (Å²) < 4.78 is 56.5. The number of carbonyl (C=O) groups excluding carboxylic acids is 1. The van der Waals surface area contributed by atoms with E-state index < -0.39 is 21.7 Å². The topological polar surface area (TPSA) is 98.5 Å². The van der Waals surface area contributed by atoms with Crippen LogP contribution in [0.4, 0.5) is 8.78 Å². The van der Waals surface area contributed by atoms with Crippen molar-refractivity contribution in [3.8, 4) is 16.9 Å². The highest BCUT2D eigenvalue weighted by Crippen LogP contribution is 2.28. The van der Waals surface area contributed by atoms with Crippen LogP contribution in [0.5, 0.6) is 5.75 Å². The number of ether oxygens (including phenoxy) is 1. The average Bonchev–Trinajstić information content (AvgIpc) is 2.87. The van der Waals surface area contributed by atoms with Crippen molar-refractivity contribution in [3.63, 3.8) is 0 Å². The van der Waals surface area contributed by atoms with Crippen molar-refractivity contribution in [1.29, 1.82) is 0 Å². The maximum atomic E-state index is 13.7. The van der Waals surface area contributed by atoms with Crippen molar-refractivity contribution in [3.05, 3.63) is 119 Å². The van der Waals surface area contributed by atoms with Crippen molar-refractivity contribution < 1.29 is 26.7 Å². The van der Waals surface area contributed by atoms with E-state index in [1.165, 1.54) is 12.1 Å². The lowest BCUT2D eigenvalue weighted by Crippen LogP contribution is -2.25. The summed E-state index contributed by atoms with van der Waals surface area (Å²) in [5.74, 6) is -1.05. The van der Waals surface area contributed by atoms with Gasteiger partial charge in [-0.1, -0.05) is 60.2 Å². The number of nitrogens with one attached hydrogen (secondary N) is 1. The molecule has 0 atom stereocenters. The fourth-order valence-electron chi connectivity index (χ4n) is 3.87. The van der Waals surface area contributed by atoms with E-state index in [0.717, 1.165) is 34.4 Å². The standard InChI is InChI=1S/C29H26F2N2O4S/c1-19-2-13-28(38(32,35)36)26(14-19)22-7-3-21(4-8-22)18-37-25-11-5-20(6-12-25)15-29(34)33-17-23-9-10-24(30)16-27(23)31/h2-14,16H,15,17-18H2,1H3,(H,33,34)(H2,32,35,36). The summed E-state index contributed by atoms with van der Waals surface area (Å²) in [5.41, 5.74) is 4.04. The molecule has 38 heavy (non-hydrogen) atoms. The third kappa shape index (κ3) is 7.02. The van der Waals surface area contributed by atoms with Crippen LogP contribution in [0.1, 0.15) is 22.3 Å². The molecular formula is C29H26F2N2O4S. The van der Waals surface area contributed by atoms with Gasteiger partial charge in [-0.05, 0) is 47.9 Å².